The molecule has 3 rings (SSSR count). The van der Waals surface area contributed by atoms with Crippen LogP contribution in [0.25, 0.3) is 0 Å². The highest BCUT2D eigenvalue weighted by atomic mass is 16.6. The zero-order valence-corrected chi connectivity index (χ0v) is 15.4. The highest BCUT2D eigenvalue weighted by Crippen LogP contribution is 2.33. The van der Waals surface area contributed by atoms with Crippen LogP contribution >= 0.6 is 0 Å². The Kier molecular flexibility index (Phi) is 5.90. The van der Waals surface area contributed by atoms with Crippen LogP contribution in [0.4, 0.5) is 29.0 Å². The van der Waals surface area contributed by atoms with Crippen LogP contribution in [-0.4, -0.2) is 34.6 Å². The van der Waals surface area contributed by atoms with Crippen LogP contribution in [0.5, 0.6) is 5.75 Å². The number of aromatic nitrogens is 2. The monoisotopic (exact) mass is 372 g/mol. The van der Waals surface area contributed by atoms with E-state index in [1.807, 2.05) is 11.8 Å². The Morgan fingerprint density at radius 1 is 1.19 bits per heavy atom. The number of nitro groups is 1. The molecule has 0 radical (unpaired) electrons. The molecule has 0 spiro atoms. The molecular weight excluding hydrogens is 348 g/mol. The van der Waals surface area contributed by atoms with Gasteiger partial charge in [0.05, 0.1) is 11.5 Å². The molecule has 1 fully saturated rings. The summed E-state index contributed by atoms with van der Waals surface area (Å²) in [4.78, 5) is 21.6. The van der Waals surface area contributed by atoms with Crippen molar-refractivity contribution in [3.8, 4) is 5.75 Å². The number of hydrogen-bond donors (Lipinski definition) is 2. The van der Waals surface area contributed by atoms with Gasteiger partial charge in [0.2, 0.25) is 17.6 Å². The van der Waals surface area contributed by atoms with Gasteiger partial charge in [-0.15, -0.1) is 0 Å². The van der Waals surface area contributed by atoms with Crippen LogP contribution in [0, 0.1) is 10.1 Å². The van der Waals surface area contributed by atoms with Crippen LogP contribution in [-0.2, 0) is 0 Å². The molecule has 0 aliphatic carbocycles. The number of nitrogen functional groups attached to an aromatic ring is 1. The van der Waals surface area contributed by atoms with E-state index in [1.54, 1.807) is 24.3 Å². The van der Waals surface area contributed by atoms with Crippen LogP contribution in [0.1, 0.15) is 32.6 Å². The van der Waals surface area contributed by atoms with Crippen molar-refractivity contribution in [2.45, 2.75) is 32.6 Å². The van der Waals surface area contributed by atoms with E-state index in [0.717, 1.165) is 44.5 Å². The molecular formula is C18H24N6O3. The molecule has 1 aromatic carbocycles. The summed E-state index contributed by atoms with van der Waals surface area (Å²) in [5, 5.41) is 14.5. The number of benzene rings is 1. The Bertz CT molecular complexity index is 788. The summed E-state index contributed by atoms with van der Waals surface area (Å²) in [6, 6.07) is 7.13. The molecule has 1 aliphatic rings. The van der Waals surface area contributed by atoms with E-state index in [2.05, 4.69) is 15.3 Å². The maximum absolute atomic E-state index is 11.5. The van der Waals surface area contributed by atoms with E-state index in [0.29, 0.717) is 18.2 Å². The van der Waals surface area contributed by atoms with Gasteiger partial charge < -0.3 is 20.7 Å². The minimum atomic E-state index is -0.557. The lowest BCUT2D eigenvalue weighted by atomic mass is 10.2. The second-order valence-corrected chi connectivity index (χ2v) is 6.35. The standard InChI is InChI=1S/C18H24N6O3/c1-2-27-14-9-7-13(8-10-14)20-17-15(24(25)26)16(19)21-18(22-17)23-11-5-3-4-6-12-23/h7-10H,2-6,11-12H2,1H3,(H3,19,20,21,22). The largest absolute Gasteiger partial charge is 0.494 e. The van der Waals surface area contributed by atoms with E-state index in [4.69, 9.17) is 10.5 Å². The van der Waals surface area contributed by atoms with Crippen LogP contribution in [0.2, 0.25) is 0 Å². The third-order valence-electron chi connectivity index (χ3n) is 4.40. The van der Waals surface area contributed by atoms with Crippen LogP contribution < -0.4 is 20.7 Å². The smallest absolute Gasteiger partial charge is 0.353 e. The first-order valence-electron chi connectivity index (χ1n) is 9.15. The van der Waals surface area contributed by atoms with Gasteiger partial charge in [0.25, 0.3) is 0 Å². The van der Waals surface area contributed by atoms with Crippen molar-refractivity contribution in [3.05, 3.63) is 34.4 Å². The molecule has 2 aromatic rings. The number of nitrogens with two attached hydrogens (primary N) is 1. The van der Waals surface area contributed by atoms with Crippen molar-refractivity contribution in [3.63, 3.8) is 0 Å². The third kappa shape index (κ3) is 4.55. The predicted molar refractivity (Wildman–Crippen MR) is 105 cm³/mol. The molecule has 1 aliphatic heterocycles. The average Bonchev–Trinajstić information content (AvgIpc) is 2.92. The number of nitrogens with one attached hydrogen (secondary N) is 1. The van der Waals surface area contributed by atoms with Gasteiger partial charge in [-0.1, -0.05) is 12.8 Å². The van der Waals surface area contributed by atoms with Gasteiger partial charge in [-0.2, -0.15) is 9.97 Å². The summed E-state index contributed by atoms with van der Waals surface area (Å²) in [5.41, 5.74) is 6.24. The lowest BCUT2D eigenvalue weighted by Gasteiger charge is -2.21. The molecule has 144 valence electrons. The van der Waals surface area contributed by atoms with Gasteiger partial charge in [-0.05, 0) is 44.0 Å². The van der Waals surface area contributed by atoms with E-state index >= 15 is 0 Å². The van der Waals surface area contributed by atoms with Crippen LogP contribution in [0.15, 0.2) is 24.3 Å². The molecule has 27 heavy (non-hydrogen) atoms. The summed E-state index contributed by atoms with van der Waals surface area (Å²) in [6.45, 7) is 4.11. The molecule has 2 heterocycles. The number of ether oxygens (including phenoxy) is 1. The summed E-state index contributed by atoms with van der Waals surface area (Å²) < 4.78 is 5.41. The van der Waals surface area contributed by atoms with Gasteiger partial charge >= 0.3 is 5.69 Å². The maximum Gasteiger partial charge on any atom is 0.353 e. The Hall–Kier alpha value is -3.10. The third-order valence-corrected chi connectivity index (χ3v) is 4.40. The first kappa shape index (κ1) is 18.7. The molecule has 1 aromatic heterocycles. The number of hydrogen-bond acceptors (Lipinski definition) is 8. The normalized spacial score (nSPS) is 14.5. The minimum Gasteiger partial charge on any atom is -0.494 e. The summed E-state index contributed by atoms with van der Waals surface area (Å²) in [7, 11) is 0. The molecule has 0 unspecified atom stereocenters. The Morgan fingerprint density at radius 3 is 2.44 bits per heavy atom. The molecule has 9 nitrogen and oxygen atoms in total. The first-order valence-corrected chi connectivity index (χ1v) is 9.15. The van der Waals surface area contributed by atoms with Gasteiger partial charge in [-0.25, -0.2) is 0 Å². The predicted octanol–water partition coefficient (Wildman–Crippen LogP) is 3.49. The van der Waals surface area contributed by atoms with Crippen LogP contribution in [0.3, 0.4) is 0 Å². The fourth-order valence-corrected chi connectivity index (χ4v) is 3.08. The van der Waals surface area contributed by atoms with Crippen molar-refractivity contribution >= 4 is 29.0 Å². The van der Waals surface area contributed by atoms with Gasteiger partial charge in [0.15, 0.2) is 0 Å². The molecule has 3 N–H and O–H groups in total. The Labute approximate surface area is 157 Å². The first-order chi connectivity index (χ1) is 13.1. The zero-order valence-electron chi connectivity index (χ0n) is 15.4. The number of anilines is 4. The number of rotatable bonds is 6. The van der Waals surface area contributed by atoms with Gasteiger partial charge in [-0.3, -0.25) is 10.1 Å². The average molecular weight is 372 g/mol. The van der Waals surface area contributed by atoms with Gasteiger partial charge in [0, 0.05) is 18.8 Å². The summed E-state index contributed by atoms with van der Waals surface area (Å²) in [6.07, 6.45) is 4.41. The fraction of sp³-hybridized carbons (Fsp3) is 0.444. The summed E-state index contributed by atoms with van der Waals surface area (Å²) >= 11 is 0. The maximum atomic E-state index is 11.5. The highest BCUT2D eigenvalue weighted by molar-refractivity contribution is 5.74. The molecule has 0 amide bonds. The Balaban J connectivity index is 1.92. The molecule has 1 saturated heterocycles. The van der Waals surface area contributed by atoms with Gasteiger partial charge in [0.1, 0.15) is 5.75 Å². The molecule has 0 bridgehead atoms. The SMILES string of the molecule is CCOc1ccc(Nc2nc(N3CCCCCC3)nc(N)c2[N+](=O)[O-])cc1. The summed E-state index contributed by atoms with van der Waals surface area (Å²) in [5.74, 6) is 1.11. The highest BCUT2D eigenvalue weighted by Gasteiger charge is 2.25. The van der Waals surface area contributed by atoms with Crippen molar-refractivity contribution in [2.75, 3.05) is 35.6 Å². The lowest BCUT2D eigenvalue weighted by molar-refractivity contribution is -0.383. The lowest BCUT2D eigenvalue weighted by Crippen LogP contribution is -2.26. The van der Waals surface area contributed by atoms with Crippen molar-refractivity contribution < 1.29 is 9.66 Å². The van der Waals surface area contributed by atoms with E-state index in [-0.39, 0.29) is 17.3 Å². The van der Waals surface area contributed by atoms with Crippen molar-refractivity contribution in [2.24, 2.45) is 0 Å². The van der Waals surface area contributed by atoms with E-state index in [1.165, 1.54) is 0 Å². The second-order valence-electron chi connectivity index (χ2n) is 6.35. The minimum absolute atomic E-state index is 0.0934. The van der Waals surface area contributed by atoms with E-state index in [9.17, 15) is 10.1 Å². The van der Waals surface area contributed by atoms with Crippen molar-refractivity contribution in [1.29, 1.82) is 0 Å². The topological polar surface area (TPSA) is 119 Å². The molecule has 9 heteroatoms. The quantitative estimate of drug-likeness (QED) is 0.584. The zero-order chi connectivity index (χ0) is 19.2. The Morgan fingerprint density at radius 2 is 1.85 bits per heavy atom. The molecule has 0 atom stereocenters. The molecule has 0 saturated carbocycles. The van der Waals surface area contributed by atoms with Crippen molar-refractivity contribution in [1.82, 2.24) is 9.97 Å². The number of nitrogens with zero attached hydrogens (tertiary/aromatic N) is 4. The fourth-order valence-electron chi connectivity index (χ4n) is 3.08. The second kappa shape index (κ2) is 8.52. The van der Waals surface area contributed by atoms with E-state index < -0.39 is 4.92 Å².